The molecule has 0 radical (unpaired) electrons. The maximum absolute atomic E-state index is 2.33. The van der Waals surface area contributed by atoms with Gasteiger partial charge in [-0.25, -0.2) is 0 Å². The van der Waals surface area contributed by atoms with Crippen LogP contribution < -0.4 is 0 Å². The molecular formula is C24H46. The molecule has 2 rings (SSSR count). The van der Waals surface area contributed by atoms with E-state index in [0.29, 0.717) is 0 Å². The van der Waals surface area contributed by atoms with Gasteiger partial charge in [-0.1, -0.05) is 110 Å². The molecule has 0 nitrogen and oxygen atoms in total. The molecule has 0 aliphatic heterocycles. The predicted molar refractivity (Wildman–Crippen MR) is 108 cm³/mol. The summed E-state index contributed by atoms with van der Waals surface area (Å²) in [5, 5.41) is 0. The summed E-state index contributed by atoms with van der Waals surface area (Å²) in [5.41, 5.74) is 0. The second-order valence-electron chi connectivity index (χ2n) is 9.27. The fourth-order valence-electron chi connectivity index (χ4n) is 5.69. The molecule has 142 valence electrons. The highest BCUT2D eigenvalue weighted by Crippen LogP contribution is 2.43. The van der Waals surface area contributed by atoms with Gasteiger partial charge >= 0.3 is 0 Å². The normalized spacial score (nSPS) is 31.2. The lowest BCUT2D eigenvalue weighted by Crippen LogP contribution is -2.26. The maximum Gasteiger partial charge on any atom is -0.0383 e. The third kappa shape index (κ3) is 7.49. The van der Waals surface area contributed by atoms with Crippen LogP contribution in [0.15, 0.2) is 0 Å². The molecule has 24 heavy (non-hydrogen) atoms. The molecule has 0 spiro atoms. The Morgan fingerprint density at radius 1 is 0.542 bits per heavy atom. The molecule has 0 N–H and O–H groups in total. The summed E-state index contributed by atoms with van der Waals surface area (Å²) in [5.74, 6) is 4.39. The lowest BCUT2D eigenvalue weighted by Gasteiger charge is -2.38. The van der Waals surface area contributed by atoms with Crippen LogP contribution in [0.1, 0.15) is 129 Å². The molecule has 2 fully saturated rings. The molecule has 0 saturated heterocycles. The molecule has 0 heteroatoms. The predicted octanol–water partition coefficient (Wildman–Crippen LogP) is 8.54. The average Bonchev–Trinajstić information content (AvgIpc) is 2.63. The summed E-state index contributed by atoms with van der Waals surface area (Å²) >= 11 is 0. The van der Waals surface area contributed by atoms with E-state index in [-0.39, 0.29) is 0 Å². The van der Waals surface area contributed by atoms with Crippen molar-refractivity contribution in [1.29, 1.82) is 0 Å². The Morgan fingerprint density at radius 3 is 1.92 bits per heavy atom. The minimum atomic E-state index is 1.09. The van der Waals surface area contributed by atoms with Gasteiger partial charge in [0.15, 0.2) is 0 Å². The van der Waals surface area contributed by atoms with Gasteiger partial charge in [0.1, 0.15) is 0 Å². The summed E-state index contributed by atoms with van der Waals surface area (Å²) in [6.07, 6.45) is 27.3. The van der Waals surface area contributed by atoms with Crippen LogP contribution in [0.25, 0.3) is 0 Å². The lowest BCUT2D eigenvalue weighted by molar-refractivity contribution is 0.132. The van der Waals surface area contributed by atoms with E-state index in [4.69, 9.17) is 0 Å². The Balaban J connectivity index is 1.60. The Labute approximate surface area is 153 Å². The van der Waals surface area contributed by atoms with Gasteiger partial charge in [-0.2, -0.15) is 0 Å². The molecular weight excluding hydrogens is 288 g/mol. The van der Waals surface area contributed by atoms with Crippen LogP contribution >= 0.6 is 0 Å². The lowest BCUT2D eigenvalue weighted by atomic mass is 9.67. The van der Waals surface area contributed by atoms with Crippen molar-refractivity contribution >= 4 is 0 Å². The number of rotatable bonds is 11. The van der Waals surface area contributed by atoms with Crippen molar-refractivity contribution in [2.45, 2.75) is 129 Å². The van der Waals surface area contributed by atoms with Gasteiger partial charge in [0.25, 0.3) is 0 Å². The molecule has 0 unspecified atom stereocenters. The molecule has 0 bridgehead atoms. The largest absolute Gasteiger partial charge is 0.0654 e. The van der Waals surface area contributed by atoms with Crippen molar-refractivity contribution in [3.63, 3.8) is 0 Å². The fourth-order valence-corrected chi connectivity index (χ4v) is 5.69. The van der Waals surface area contributed by atoms with Crippen LogP contribution in [0.3, 0.4) is 0 Å². The third-order valence-electron chi connectivity index (χ3n) is 7.31. The molecule has 0 aromatic carbocycles. The first-order valence-electron chi connectivity index (χ1n) is 11.8. The maximum atomic E-state index is 2.33. The van der Waals surface area contributed by atoms with Crippen molar-refractivity contribution in [2.75, 3.05) is 0 Å². The van der Waals surface area contributed by atoms with E-state index in [2.05, 4.69) is 13.8 Å². The highest BCUT2D eigenvalue weighted by molar-refractivity contribution is 4.82. The van der Waals surface area contributed by atoms with Gasteiger partial charge in [0.2, 0.25) is 0 Å². The first-order chi connectivity index (χ1) is 11.8. The summed E-state index contributed by atoms with van der Waals surface area (Å²) in [7, 11) is 0. The van der Waals surface area contributed by atoms with E-state index in [1.165, 1.54) is 57.8 Å². The topological polar surface area (TPSA) is 0 Å². The van der Waals surface area contributed by atoms with Gasteiger partial charge in [0.05, 0.1) is 0 Å². The molecule has 0 amide bonds. The van der Waals surface area contributed by atoms with Gasteiger partial charge in [0, 0.05) is 0 Å². The zero-order valence-corrected chi connectivity index (χ0v) is 17.0. The van der Waals surface area contributed by atoms with Crippen LogP contribution in [0.5, 0.6) is 0 Å². The fraction of sp³-hybridized carbons (Fsp3) is 1.00. The second-order valence-corrected chi connectivity index (χ2v) is 9.27. The first kappa shape index (κ1) is 20.3. The van der Waals surface area contributed by atoms with Crippen LogP contribution in [-0.2, 0) is 0 Å². The van der Waals surface area contributed by atoms with Crippen molar-refractivity contribution < 1.29 is 0 Å². The van der Waals surface area contributed by atoms with Crippen LogP contribution in [-0.4, -0.2) is 0 Å². The third-order valence-corrected chi connectivity index (χ3v) is 7.31. The average molecular weight is 335 g/mol. The minimum absolute atomic E-state index is 1.09. The summed E-state index contributed by atoms with van der Waals surface area (Å²) in [6.45, 7) is 4.66. The van der Waals surface area contributed by atoms with E-state index in [1.54, 1.807) is 57.8 Å². The SMILES string of the molecule is CCCCCCC[C@@H]1CCC[C@@H](C2CCC(CCCCC)CC2)C1. The molecule has 0 aromatic heterocycles. The number of hydrogen-bond acceptors (Lipinski definition) is 0. The van der Waals surface area contributed by atoms with Gasteiger partial charge in [-0.05, 0) is 42.9 Å². The second kappa shape index (κ2) is 12.4. The van der Waals surface area contributed by atoms with Crippen molar-refractivity contribution in [1.82, 2.24) is 0 Å². The van der Waals surface area contributed by atoms with E-state index in [9.17, 15) is 0 Å². The minimum Gasteiger partial charge on any atom is -0.0654 e. The van der Waals surface area contributed by atoms with Crippen LogP contribution in [0.4, 0.5) is 0 Å². The molecule has 2 aliphatic carbocycles. The highest BCUT2D eigenvalue weighted by Gasteiger charge is 2.31. The van der Waals surface area contributed by atoms with Gasteiger partial charge < -0.3 is 0 Å². The Morgan fingerprint density at radius 2 is 1.17 bits per heavy atom. The quantitative estimate of drug-likeness (QED) is 0.332. The first-order valence-corrected chi connectivity index (χ1v) is 11.8. The number of hydrogen-bond donors (Lipinski definition) is 0. The van der Waals surface area contributed by atoms with Crippen molar-refractivity contribution in [2.24, 2.45) is 23.7 Å². The highest BCUT2D eigenvalue weighted by atomic mass is 14.4. The zero-order chi connectivity index (χ0) is 17.0. The van der Waals surface area contributed by atoms with E-state index < -0.39 is 0 Å². The smallest absolute Gasteiger partial charge is 0.0383 e. The number of unbranched alkanes of at least 4 members (excludes halogenated alkanes) is 6. The molecule has 2 saturated carbocycles. The van der Waals surface area contributed by atoms with E-state index in [0.717, 1.165) is 23.7 Å². The Hall–Kier alpha value is 0. The Kier molecular flexibility index (Phi) is 10.5. The molecule has 0 aromatic rings. The van der Waals surface area contributed by atoms with Crippen LogP contribution in [0.2, 0.25) is 0 Å². The standard InChI is InChI=1S/C24H46/c1-3-5-7-8-10-13-22-14-11-15-24(20-22)23-18-16-21(17-19-23)12-9-6-4-2/h21-24H,3-20H2,1-2H3/t21?,22-,23?,24-/m1/s1. The Bertz CT molecular complexity index is 286. The summed E-state index contributed by atoms with van der Waals surface area (Å²) in [6, 6.07) is 0. The zero-order valence-electron chi connectivity index (χ0n) is 17.0. The van der Waals surface area contributed by atoms with Crippen LogP contribution in [0, 0.1) is 23.7 Å². The van der Waals surface area contributed by atoms with Gasteiger partial charge in [-0.15, -0.1) is 0 Å². The summed E-state index contributed by atoms with van der Waals surface area (Å²) < 4.78 is 0. The van der Waals surface area contributed by atoms with E-state index in [1.807, 2.05) is 0 Å². The molecule has 2 atom stereocenters. The molecule has 0 heterocycles. The van der Waals surface area contributed by atoms with Crippen molar-refractivity contribution in [3.05, 3.63) is 0 Å². The monoisotopic (exact) mass is 334 g/mol. The van der Waals surface area contributed by atoms with Gasteiger partial charge in [-0.3, -0.25) is 0 Å². The van der Waals surface area contributed by atoms with E-state index >= 15 is 0 Å². The van der Waals surface area contributed by atoms with Crippen molar-refractivity contribution in [3.8, 4) is 0 Å². The summed E-state index contributed by atoms with van der Waals surface area (Å²) in [4.78, 5) is 0. The molecule has 2 aliphatic rings.